The van der Waals surface area contributed by atoms with Crippen LogP contribution >= 0.6 is 15.9 Å². The molecule has 0 radical (unpaired) electrons. The van der Waals surface area contributed by atoms with Gasteiger partial charge in [-0.25, -0.2) is 0 Å². The number of hydrogen-bond donors (Lipinski definition) is 1. The van der Waals surface area contributed by atoms with Crippen molar-refractivity contribution in [3.8, 4) is 0 Å². The van der Waals surface area contributed by atoms with Crippen molar-refractivity contribution in [1.82, 2.24) is 5.32 Å². The fourth-order valence-electron chi connectivity index (χ4n) is 2.75. The summed E-state index contributed by atoms with van der Waals surface area (Å²) in [5, 5.41) is 3.71. The number of benzene rings is 1. The second-order valence-corrected chi connectivity index (χ2v) is 6.79. The molecule has 2 heteroatoms. The van der Waals surface area contributed by atoms with Crippen LogP contribution in [0.4, 0.5) is 0 Å². The first-order valence-electron chi connectivity index (χ1n) is 8.77. The zero-order valence-corrected chi connectivity index (χ0v) is 15.4. The van der Waals surface area contributed by atoms with Gasteiger partial charge in [0.05, 0.1) is 0 Å². The van der Waals surface area contributed by atoms with Crippen molar-refractivity contribution in [1.29, 1.82) is 0 Å². The lowest BCUT2D eigenvalue weighted by atomic mass is 9.99. The van der Waals surface area contributed by atoms with E-state index in [0.717, 1.165) is 6.54 Å². The summed E-state index contributed by atoms with van der Waals surface area (Å²) in [6.45, 7) is 5.61. The molecule has 120 valence electrons. The number of hydrogen-bond acceptors (Lipinski definition) is 1. The summed E-state index contributed by atoms with van der Waals surface area (Å²) < 4.78 is 1.24. The molecule has 0 aromatic heterocycles. The van der Waals surface area contributed by atoms with Crippen LogP contribution in [0.5, 0.6) is 0 Å². The molecule has 1 N–H and O–H groups in total. The molecule has 0 aliphatic carbocycles. The van der Waals surface area contributed by atoms with Crippen LogP contribution < -0.4 is 5.32 Å². The largest absolute Gasteiger partial charge is 0.310 e. The van der Waals surface area contributed by atoms with Crippen LogP contribution in [0, 0.1) is 0 Å². The van der Waals surface area contributed by atoms with Crippen LogP contribution in [0.2, 0.25) is 0 Å². The zero-order chi connectivity index (χ0) is 15.3. The standard InChI is InChI=1S/C19H32BrN/c1-3-5-6-7-8-9-10-15-19(21-16-4-2)17-13-11-12-14-18(17)20/h11-14,19,21H,3-10,15-16H2,1-2H3. The maximum Gasteiger partial charge on any atom is 0.0331 e. The lowest BCUT2D eigenvalue weighted by Gasteiger charge is -2.20. The third-order valence-electron chi connectivity index (χ3n) is 4.02. The molecule has 0 fully saturated rings. The molecule has 1 unspecified atom stereocenters. The summed E-state index contributed by atoms with van der Waals surface area (Å²) >= 11 is 3.70. The highest BCUT2D eigenvalue weighted by molar-refractivity contribution is 9.10. The maximum atomic E-state index is 3.71. The second-order valence-electron chi connectivity index (χ2n) is 5.94. The van der Waals surface area contributed by atoms with E-state index in [-0.39, 0.29) is 0 Å². The molecule has 0 heterocycles. The van der Waals surface area contributed by atoms with Gasteiger partial charge in [-0.3, -0.25) is 0 Å². The Labute approximate surface area is 140 Å². The van der Waals surface area contributed by atoms with Gasteiger partial charge in [-0.2, -0.15) is 0 Å². The second kappa shape index (κ2) is 12.2. The van der Waals surface area contributed by atoms with Crippen molar-refractivity contribution in [2.24, 2.45) is 0 Å². The molecule has 0 bridgehead atoms. The van der Waals surface area contributed by atoms with E-state index in [1.165, 1.54) is 67.8 Å². The minimum absolute atomic E-state index is 0.496. The summed E-state index contributed by atoms with van der Waals surface area (Å²) in [7, 11) is 0. The van der Waals surface area contributed by atoms with Crippen molar-refractivity contribution < 1.29 is 0 Å². The van der Waals surface area contributed by atoms with Crippen LogP contribution in [0.3, 0.4) is 0 Å². The SMILES string of the molecule is CCCCCCCCCC(NCCC)c1ccccc1Br. The summed E-state index contributed by atoms with van der Waals surface area (Å²) in [4.78, 5) is 0. The van der Waals surface area contributed by atoms with Gasteiger partial charge < -0.3 is 5.32 Å². The molecule has 0 saturated carbocycles. The van der Waals surface area contributed by atoms with Gasteiger partial charge in [0.25, 0.3) is 0 Å². The fourth-order valence-corrected chi connectivity index (χ4v) is 3.31. The van der Waals surface area contributed by atoms with Crippen molar-refractivity contribution >= 4 is 15.9 Å². The number of halogens is 1. The van der Waals surface area contributed by atoms with Crippen molar-refractivity contribution in [2.45, 2.75) is 77.7 Å². The average molecular weight is 354 g/mol. The Morgan fingerprint density at radius 1 is 0.905 bits per heavy atom. The molecular weight excluding hydrogens is 322 g/mol. The van der Waals surface area contributed by atoms with Gasteiger partial charge in [0.15, 0.2) is 0 Å². The van der Waals surface area contributed by atoms with Gasteiger partial charge in [0.2, 0.25) is 0 Å². The third kappa shape index (κ3) is 8.01. The summed E-state index contributed by atoms with van der Waals surface area (Å²) in [5.41, 5.74) is 1.41. The number of rotatable bonds is 12. The molecule has 0 saturated heterocycles. The van der Waals surface area contributed by atoms with Crippen LogP contribution in [0.1, 0.15) is 83.2 Å². The Bertz CT molecular complexity index is 364. The fraction of sp³-hybridized carbons (Fsp3) is 0.684. The molecule has 0 aliphatic rings. The number of unbranched alkanes of at least 4 members (excludes halogenated alkanes) is 6. The predicted octanol–water partition coefficient (Wildman–Crippen LogP) is 6.63. The summed E-state index contributed by atoms with van der Waals surface area (Å²) in [6, 6.07) is 9.14. The Balaban J connectivity index is 2.35. The van der Waals surface area contributed by atoms with Crippen molar-refractivity contribution in [2.75, 3.05) is 6.54 Å². The number of nitrogens with one attached hydrogen (secondary N) is 1. The Hall–Kier alpha value is -0.340. The molecule has 1 nitrogen and oxygen atoms in total. The summed E-state index contributed by atoms with van der Waals surface area (Å²) in [6.07, 6.45) is 12.1. The van der Waals surface area contributed by atoms with Crippen molar-refractivity contribution in [3.63, 3.8) is 0 Å². The normalized spacial score (nSPS) is 12.5. The molecule has 21 heavy (non-hydrogen) atoms. The molecule has 0 amide bonds. The van der Waals surface area contributed by atoms with E-state index in [9.17, 15) is 0 Å². The Morgan fingerprint density at radius 3 is 2.24 bits per heavy atom. The van der Waals surface area contributed by atoms with Crippen molar-refractivity contribution in [3.05, 3.63) is 34.3 Å². The predicted molar refractivity (Wildman–Crippen MR) is 97.8 cm³/mol. The smallest absolute Gasteiger partial charge is 0.0331 e. The van der Waals surface area contributed by atoms with E-state index in [2.05, 4.69) is 59.4 Å². The average Bonchev–Trinajstić information content (AvgIpc) is 2.50. The Kier molecular flexibility index (Phi) is 10.9. The first-order chi connectivity index (χ1) is 10.3. The van der Waals surface area contributed by atoms with E-state index in [1.54, 1.807) is 0 Å². The van der Waals surface area contributed by atoms with Gasteiger partial charge in [-0.15, -0.1) is 0 Å². The summed E-state index contributed by atoms with van der Waals surface area (Å²) in [5.74, 6) is 0. The maximum absolute atomic E-state index is 3.71. The van der Waals surface area contributed by atoms with Crippen LogP contribution in [-0.2, 0) is 0 Å². The lowest BCUT2D eigenvalue weighted by Crippen LogP contribution is -2.22. The molecule has 1 aromatic carbocycles. The molecule has 1 aromatic rings. The Morgan fingerprint density at radius 2 is 1.57 bits per heavy atom. The quantitative estimate of drug-likeness (QED) is 0.415. The van der Waals surface area contributed by atoms with Gasteiger partial charge in [-0.05, 0) is 31.0 Å². The highest BCUT2D eigenvalue weighted by atomic mass is 79.9. The van der Waals surface area contributed by atoms with Gasteiger partial charge in [0, 0.05) is 10.5 Å². The van der Waals surface area contributed by atoms with E-state index in [1.807, 2.05) is 0 Å². The molecular formula is C19H32BrN. The highest BCUT2D eigenvalue weighted by Gasteiger charge is 2.12. The highest BCUT2D eigenvalue weighted by Crippen LogP contribution is 2.27. The zero-order valence-electron chi connectivity index (χ0n) is 13.8. The lowest BCUT2D eigenvalue weighted by molar-refractivity contribution is 0.464. The molecule has 0 aliphatic heterocycles. The molecule has 1 rings (SSSR count). The van der Waals surface area contributed by atoms with E-state index < -0.39 is 0 Å². The van der Waals surface area contributed by atoms with E-state index in [4.69, 9.17) is 0 Å². The van der Waals surface area contributed by atoms with E-state index in [0.29, 0.717) is 6.04 Å². The monoisotopic (exact) mass is 353 g/mol. The first kappa shape index (κ1) is 18.7. The van der Waals surface area contributed by atoms with Crippen LogP contribution in [0.25, 0.3) is 0 Å². The minimum atomic E-state index is 0.496. The van der Waals surface area contributed by atoms with Gasteiger partial charge >= 0.3 is 0 Å². The van der Waals surface area contributed by atoms with Crippen LogP contribution in [0.15, 0.2) is 28.7 Å². The topological polar surface area (TPSA) is 12.0 Å². The van der Waals surface area contributed by atoms with Crippen LogP contribution in [-0.4, -0.2) is 6.54 Å². The minimum Gasteiger partial charge on any atom is -0.310 e. The third-order valence-corrected chi connectivity index (χ3v) is 4.74. The van der Waals surface area contributed by atoms with E-state index >= 15 is 0 Å². The first-order valence-corrected chi connectivity index (χ1v) is 9.56. The van der Waals surface area contributed by atoms with Gasteiger partial charge in [-0.1, -0.05) is 92.9 Å². The van der Waals surface area contributed by atoms with Gasteiger partial charge in [0.1, 0.15) is 0 Å². The molecule has 1 atom stereocenters. The molecule has 0 spiro atoms.